The number of pyridine rings is 1. The molecule has 0 aliphatic carbocycles. The molecule has 6 heteroatoms. The van der Waals surface area contributed by atoms with Gasteiger partial charge in [-0.1, -0.05) is 24.3 Å². The number of nitrogens with one attached hydrogen (secondary N) is 1. The summed E-state index contributed by atoms with van der Waals surface area (Å²) in [6, 6.07) is 9.78. The van der Waals surface area contributed by atoms with Gasteiger partial charge in [0, 0.05) is 39.1 Å². The van der Waals surface area contributed by atoms with Gasteiger partial charge in [0.25, 0.3) is 0 Å². The van der Waals surface area contributed by atoms with Crippen LogP contribution in [-0.2, 0) is 11.2 Å². The topological polar surface area (TPSA) is 71.0 Å². The van der Waals surface area contributed by atoms with Gasteiger partial charge in [0.15, 0.2) is 5.82 Å². The SMILES string of the molecule is CNc1nc(-c2ccc(CC(=O)N(C)C)cc2)cc2nccnc12. The maximum absolute atomic E-state index is 11.8. The minimum absolute atomic E-state index is 0.0827. The lowest BCUT2D eigenvalue weighted by Gasteiger charge is -2.11. The van der Waals surface area contributed by atoms with Crippen molar-refractivity contribution in [2.75, 3.05) is 26.5 Å². The van der Waals surface area contributed by atoms with E-state index >= 15 is 0 Å². The molecule has 122 valence electrons. The van der Waals surface area contributed by atoms with E-state index in [2.05, 4.69) is 20.3 Å². The minimum Gasteiger partial charge on any atom is -0.371 e. The van der Waals surface area contributed by atoms with E-state index in [0.29, 0.717) is 12.2 Å². The zero-order chi connectivity index (χ0) is 17.1. The Labute approximate surface area is 140 Å². The van der Waals surface area contributed by atoms with Gasteiger partial charge in [0.05, 0.1) is 17.6 Å². The van der Waals surface area contributed by atoms with Crippen LogP contribution < -0.4 is 5.32 Å². The summed E-state index contributed by atoms with van der Waals surface area (Å²) in [5.74, 6) is 0.779. The van der Waals surface area contributed by atoms with Crippen molar-refractivity contribution in [1.29, 1.82) is 0 Å². The number of hydrogen-bond donors (Lipinski definition) is 1. The van der Waals surface area contributed by atoms with Gasteiger partial charge in [-0.25, -0.2) is 9.97 Å². The molecule has 0 aliphatic rings. The van der Waals surface area contributed by atoms with E-state index in [0.717, 1.165) is 27.9 Å². The Bertz CT molecular complexity index is 874. The van der Waals surface area contributed by atoms with Gasteiger partial charge in [0.1, 0.15) is 5.52 Å². The molecule has 0 aliphatic heterocycles. The summed E-state index contributed by atoms with van der Waals surface area (Å²) < 4.78 is 0. The molecule has 0 unspecified atom stereocenters. The van der Waals surface area contributed by atoms with Crippen LogP contribution in [0.4, 0.5) is 5.82 Å². The van der Waals surface area contributed by atoms with Gasteiger partial charge in [-0.2, -0.15) is 0 Å². The van der Waals surface area contributed by atoms with Crippen LogP contribution in [0.3, 0.4) is 0 Å². The Morgan fingerprint density at radius 1 is 1.12 bits per heavy atom. The summed E-state index contributed by atoms with van der Waals surface area (Å²) in [7, 11) is 5.34. The van der Waals surface area contributed by atoms with Crippen molar-refractivity contribution in [1.82, 2.24) is 19.9 Å². The third-order valence-corrected chi connectivity index (χ3v) is 3.80. The number of benzene rings is 1. The first kappa shape index (κ1) is 15.9. The Balaban J connectivity index is 1.94. The van der Waals surface area contributed by atoms with E-state index in [9.17, 15) is 4.79 Å². The number of rotatable bonds is 4. The van der Waals surface area contributed by atoms with E-state index in [4.69, 9.17) is 0 Å². The van der Waals surface area contributed by atoms with Crippen molar-refractivity contribution in [3.05, 3.63) is 48.3 Å². The monoisotopic (exact) mass is 321 g/mol. The van der Waals surface area contributed by atoms with Crippen LogP contribution >= 0.6 is 0 Å². The van der Waals surface area contributed by atoms with Gasteiger partial charge in [-0.3, -0.25) is 9.78 Å². The second kappa shape index (κ2) is 6.62. The predicted octanol–water partition coefficient (Wildman–Crippen LogP) is 2.36. The number of hydrogen-bond acceptors (Lipinski definition) is 5. The fraction of sp³-hybridized carbons (Fsp3) is 0.222. The molecule has 0 radical (unpaired) electrons. The standard InChI is InChI=1S/C18H19N5O/c1-19-18-17-15(20-8-9-21-17)11-14(22-18)13-6-4-12(5-7-13)10-16(24)23(2)3/h4-9,11H,10H2,1-3H3,(H,19,22). The molecule has 1 aromatic carbocycles. The van der Waals surface area contributed by atoms with E-state index < -0.39 is 0 Å². The van der Waals surface area contributed by atoms with Crippen molar-refractivity contribution in [3.63, 3.8) is 0 Å². The quantitative estimate of drug-likeness (QED) is 0.799. The number of nitrogens with zero attached hydrogens (tertiary/aromatic N) is 4. The lowest BCUT2D eigenvalue weighted by Crippen LogP contribution is -2.23. The number of carbonyl (C=O) groups is 1. The Morgan fingerprint density at radius 2 is 1.83 bits per heavy atom. The smallest absolute Gasteiger partial charge is 0.226 e. The number of aromatic nitrogens is 3. The highest BCUT2D eigenvalue weighted by Gasteiger charge is 2.10. The molecule has 1 N–H and O–H groups in total. The summed E-state index contributed by atoms with van der Waals surface area (Å²) in [4.78, 5) is 26.7. The van der Waals surface area contributed by atoms with Crippen LogP contribution in [0.1, 0.15) is 5.56 Å². The van der Waals surface area contributed by atoms with Crippen molar-refractivity contribution in [3.8, 4) is 11.3 Å². The molecule has 0 bridgehead atoms. The zero-order valence-electron chi connectivity index (χ0n) is 13.9. The molecule has 3 aromatic rings. The molecule has 1 amide bonds. The molecular formula is C18H19N5O. The van der Waals surface area contributed by atoms with Gasteiger partial charge in [0.2, 0.25) is 5.91 Å². The first-order chi connectivity index (χ1) is 11.6. The minimum atomic E-state index is 0.0827. The van der Waals surface area contributed by atoms with Gasteiger partial charge in [-0.05, 0) is 11.6 Å². The van der Waals surface area contributed by atoms with Gasteiger partial charge in [-0.15, -0.1) is 0 Å². The van der Waals surface area contributed by atoms with Crippen molar-refractivity contribution in [2.45, 2.75) is 6.42 Å². The maximum Gasteiger partial charge on any atom is 0.226 e. The largest absolute Gasteiger partial charge is 0.371 e. The highest BCUT2D eigenvalue weighted by molar-refractivity contribution is 5.88. The number of anilines is 1. The van der Waals surface area contributed by atoms with Crippen LogP contribution in [-0.4, -0.2) is 46.9 Å². The molecule has 2 aromatic heterocycles. The van der Waals surface area contributed by atoms with Crippen LogP contribution in [0.5, 0.6) is 0 Å². The van der Waals surface area contributed by atoms with Gasteiger partial charge < -0.3 is 10.2 Å². The maximum atomic E-state index is 11.8. The Kier molecular flexibility index (Phi) is 4.37. The van der Waals surface area contributed by atoms with Crippen LogP contribution in [0.25, 0.3) is 22.3 Å². The Hall–Kier alpha value is -3.02. The molecule has 0 saturated carbocycles. The fourth-order valence-corrected chi connectivity index (χ4v) is 2.42. The first-order valence-electron chi connectivity index (χ1n) is 7.67. The summed E-state index contributed by atoms with van der Waals surface area (Å²) in [5.41, 5.74) is 4.31. The molecule has 24 heavy (non-hydrogen) atoms. The summed E-state index contributed by atoms with van der Waals surface area (Å²) in [5, 5.41) is 3.07. The van der Waals surface area contributed by atoms with E-state index in [1.807, 2.05) is 37.4 Å². The lowest BCUT2D eigenvalue weighted by atomic mass is 10.1. The number of amides is 1. The predicted molar refractivity (Wildman–Crippen MR) is 94.7 cm³/mol. The van der Waals surface area contributed by atoms with Crippen LogP contribution in [0.2, 0.25) is 0 Å². The van der Waals surface area contributed by atoms with E-state index in [-0.39, 0.29) is 5.91 Å². The number of likely N-dealkylation sites (N-methyl/N-ethyl adjacent to an activating group) is 1. The summed E-state index contributed by atoms with van der Waals surface area (Å²) >= 11 is 0. The normalized spacial score (nSPS) is 10.6. The molecule has 0 spiro atoms. The molecule has 6 nitrogen and oxygen atoms in total. The number of fused-ring (bicyclic) bond motifs is 1. The van der Waals surface area contributed by atoms with Crippen molar-refractivity contribution in [2.24, 2.45) is 0 Å². The van der Waals surface area contributed by atoms with Crippen molar-refractivity contribution < 1.29 is 4.79 Å². The lowest BCUT2D eigenvalue weighted by molar-refractivity contribution is -0.127. The third-order valence-electron chi connectivity index (χ3n) is 3.80. The molecule has 2 heterocycles. The highest BCUT2D eigenvalue weighted by atomic mass is 16.2. The molecule has 0 atom stereocenters. The third kappa shape index (κ3) is 3.17. The van der Waals surface area contributed by atoms with Crippen molar-refractivity contribution >= 4 is 22.8 Å². The zero-order valence-corrected chi connectivity index (χ0v) is 13.9. The summed E-state index contributed by atoms with van der Waals surface area (Å²) in [6.07, 6.45) is 3.72. The molecular weight excluding hydrogens is 302 g/mol. The van der Waals surface area contributed by atoms with Gasteiger partial charge >= 0.3 is 0 Å². The fourth-order valence-electron chi connectivity index (χ4n) is 2.42. The highest BCUT2D eigenvalue weighted by Crippen LogP contribution is 2.25. The molecule has 0 fully saturated rings. The average molecular weight is 321 g/mol. The van der Waals surface area contributed by atoms with Crippen LogP contribution in [0.15, 0.2) is 42.7 Å². The van der Waals surface area contributed by atoms with Crippen LogP contribution in [0, 0.1) is 0 Å². The first-order valence-corrected chi connectivity index (χ1v) is 7.67. The average Bonchev–Trinajstić information content (AvgIpc) is 2.61. The Morgan fingerprint density at radius 3 is 2.50 bits per heavy atom. The number of carbonyl (C=O) groups excluding carboxylic acids is 1. The molecule has 3 rings (SSSR count). The molecule has 0 saturated heterocycles. The summed E-state index contributed by atoms with van der Waals surface area (Å²) in [6.45, 7) is 0. The van der Waals surface area contributed by atoms with E-state index in [1.54, 1.807) is 31.4 Å². The second-order valence-corrected chi connectivity index (χ2v) is 5.69. The van der Waals surface area contributed by atoms with E-state index in [1.165, 1.54) is 0 Å². The second-order valence-electron chi connectivity index (χ2n) is 5.69.